The molecule has 1 saturated carbocycles. The fourth-order valence-corrected chi connectivity index (χ4v) is 3.87. The number of pyridine rings is 1. The highest BCUT2D eigenvalue weighted by Crippen LogP contribution is 2.40. The number of likely N-dealkylation sites (tertiary alicyclic amines) is 1. The standard InChI is InChI=1S/C21H24N2O3/c1-12-3-8-18-16(9-12)17(10-19(22-18)14-6-7-14)20(24)23-11-15(21(25)26)5-4-13(23)2/h3,8-10,13-15H,4-7,11H2,1-2H3,(H,25,26). The van der Waals surface area contributed by atoms with Crippen molar-refractivity contribution in [3.05, 3.63) is 41.1 Å². The van der Waals surface area contributed by atoms with Crippen molar-refractivity contribution in [1.82, 2.24) is 9.88 Å². The van der Waals surface area contributed by atoms with Crippen molar-refractivity contribution in [3.8, 4) is 0 Å². The van der Waals surface area contributed by atoms with Crippen LogP contribution >= 0.6 is 0 Å². The smallest absolute Gasteiger partial charge is 0.308 e. The van der Waals surface area contributed by atoms with Gasteiger partial charge in [-0.25, -0.2) is 0 Å². The Morgan fingerprint density at radius 3 is 2.62 bits per heavy atom. The van der Waals surface area contributed by atoms with E-state index in [-0.39, 0.29) is 18.5 Å². The average Bonchev–Trinajstić information content (AvgIpc) is 3.45. The highest BCUT2D eigenvalue weighted by molar-refractivity contribution is 6.06. The number of carboxylic acid groups (broad SMARTS) is 1. The molecule has 0 spiro atoms. The SMILES string of the molecule is Cc1ccc2nc(C3CC3)cc(C(=O)N3CC(C(=O)O)CCC3C)c2c1. The van der Waals surface area contributed by atoms with E-state index >= 15 is 0 Å². The molecule has 1 saturated heterocycles. The van der Waals surface area contributed by atoms with Crippen molar-refractivity contribution in [2.45, 2.75) is 51.5 Å². The number of nitrogens with zero attached hydrogens (tertiary/aromatic N) is 2. The molecule has 2 aliphatic rings. The molecule has 2 fully saturated rings. The van der Waals surface area contributed by atoms with E-state index in [0.29, 0.717) is 17.9 Å². The first-order valence-electron chi connectivity index (χ1n) is 9.39. The number of amides is 1. The molecule has 26 heavy (non-hydrogen) atoms. The van der Waals surface area contributed by atoms with Crippen LogP contribution < -0.4 is 0 Å². The molecular weight excluding hydrogens is 328 g/mol. The lowest BCUT2D eigenvalue weighted by molar-refractivity contribution is -0.143. The Labute approximate surface area is 153 Å². The van der Waals surface area contributed by atoms with Crippen molar-refractivity contribution in [1.29, 1.82) is 0 Å². The zero-order chi connectivity index (χ0) is 18.4. The molecule has 0 radical (unpaired) electrons. The van der Waals surface area contributed by atoms with E-state index in [1.807, 2.05) is 38.1 Å². The van der Waals surface area contributed by atoms with Crippen molar-refractivity contribution < 1.29 is 14.7 Å². The van der Waals surface area contributed by atoms with Crippen LogP contribution in [0.3, 0.4) is 0 Å². The van der Waals surface area contributed by atoms with Crippen molar-refractivity contribution >= 4 is 22.8 Å². The molecule has 1 aromatic carbocycles. The zero-order valence-corrected chi connectivity index (χ0v) is 15.2. The van der Waals surface area contributed by atoms with Crippen LogP contribution in [0.15, 0.2) is 24.3 Å². The van der Waals surface area contributed by atoms with Gasteiger partial charge in [-0.3, -0.25) is 14.6 Å². The van der Waals surface area contributed by atoms with Gasteiger partial charge in [0.25, 0.3) is 5.91 Å². The third-order valence-corrected chi connectivity index (χ3v) is 5.70. The second-order valence-corrected chi connectivity index (χ2v) is 7.81. The molecule has 4 rings (SSSR count). The largest absolute Gasteiger partial charge is 0.481 e. The Balaban J connectivity index is 1.77. The highest BCUT2D eigenvalue weighted by Gasteiger charge is 2.34. The molecule has 5 heteroatoms. The van der Waals surface area contributed by atoms with Crippen LogP contribution in [-0.4, -0.2) is 39.5 Å². The van der Waals surface area contributed by atoms with Crippen LogP contribution in [0.25, 0.3) is 10.9 Å². The number of aliphatic carboxylic acids is 1. The molecule has 1 aliphatic carbocycles. The molecule has 136 valence electrons. The fourth-order valence-electron chi connectivity index (χ4n) is 3.87. The molecule has 1 N–H and O–H groups in total. The maximum atomic E-state index is 13.4. The number of hydrogen-bond donors (Lipinski definition) is 1. The summed E-state index contributed by atoms with van der Waals surface area (Å²) in [5.41, 5.74) is 3.59. The minimum atomic E-state index is -0.816. The maximum Gasteiger partial charge on any atom is 0.308 e. The summed E-state index contributed by atoms with van der Waals surface area (Å²) in [6.07, 6.45) is 3.60. The zero-order valence-electron chi connectivity index (χ0n) is 15.2. The van der Waals surface area contributed by atoms with Gasteiger partial charge in [0.15, 0.2) is 0 Å². The first-order valence-corrected chi connectivity index (χ1v) is 9.39. The van der Waals surface area contributed by atoms with Gasteiger partial charge in [-0.15, -0.1) is 0 Å². The van der Waals surface area contributed by atoms with Gasteiger partial charge in [0.05, 0.1) is 17.0 Å². The van der Waals surface area contributed by atoms with Crippen LogP contribution in [0.4, 0.5) is 0 Å². The van der Waals surface area contributed by atoms with Crippen LogP contribution in [0.2, 0.25) is 0 Å². The van der Waals surface area contributed by atoms with Crippen LogP contribution in [0.5, 0.6) is 0 Å². The summed E-state index contributed by atoms with van der Waals surface area (Å²) in [6, 6.07) is 8.00. The Bertz CT molecular complexity index is 888. The molecule has 2 unspecified atom stereocenters. The van der Waals surface area contributed by atoms with E-state index in [0.717, 1.165) is 41.4 Å². The molecule has 5 nitrogen and oxygen atoms in total. The van der Waals surface area contributed by atoms with E-state index in [9.17, 15) is 14.7 Å². The quantitative estimate of drug-likeness (QED) is 0.913. The highest BCUT2D eigenvalue weighted by atomic mass is 16.4. The Hall–Kier alpha value is -2.43. The molecular formula is C21H24N2O3. The number of aromatic nitrogens is 1. The number of fused-ring (bicyclic) bond motifs is 1. The number of piperidine rings is 1. The second-order valence-electron chi connectivity index (χ2n) is 7.81. The van der Waals surface area contributed by atoms with Crippen molar-refractivity contribution in [2.75, 3.05) is 6.54 Å². The van der Waals surface area contributed by atoms with Gasteiger partial charge in [0.2, 0.25) is 0 Å². The number of carboxylic acids is 1. The monoisotopic (exact) mass is 352 g/mol. The van der Waals surface area contributed by atoms with Crippen LogP contribution in [0, 0.1) is 12.8 Å². The predicted octanol–water partition coefficient (Wildman–Crippen LogP) is 3.75. The van der Waals surface area contributed by atoms with E-state index in [1.165, 1.54) is 0 Å². The summed E-state index contributed by atoms with van der Waals surface area (Å²) in [7, 11) is 0. The minimum Gasteiger partial charge on any atom is -0.481 e. The summed E-state index contributed by atoms with van der Waals surface area (Å²) in [5.74, 6) is -0.905. The van der Waals surface area contributed by atoms with Crippen molar-refractivity contribution in [2.24, 2.45) is 5.92 Å². The number of benzene rings is 1. The second kappa shape index (κ2) is 6.38. The first kappa shape index (κ1) is 17.0. The number of carbonyl (C=O) groups excluding carboxylic acids is 1. The Morgan fingerprint density at radius 2 is 1.92 bits per heavy atom. The molecule has 2 aromatic rings. The molecule has 2 heterocycles. The van der Waals surface area contributed by atoms with Crippen LogP contribution in [-0.2, 0) is 4.79 Å². The molecule has 1 amide bonds. The first-order chi connectivity index (χ1) is 12.4. The Morgan fingerprint density at radius 1 is 1.15 bits per heavy atom. The number of hydrogen-bond acceptors (Lipinski definition) is 3. The van der Waals surface area contributed by atoms with Gasteiger partial charge >= 0.3 is 5.97 Å². The summed E-state index contributed by atoms with van der Waals surface area (Å²) >= 11 is 0. The van der Waals surface area contributed by atoms with Crippen molar-refractivity contribution in [3.63, 3.8) is 0 Å². The average molecular weight is 352 g/mol. The minimum absolute atomic E-state index is 0.0514. The van der Waals surface area contributed by atoms with Gasteiger partial charge in [-0.2, -0.15) is 0 Å². The van der Waals surface area contributed by atoms with E-state index in [1.54, 1.807) is 4.90 Å². The van der Waals surface area contributed by atoms with Gasteiger partial charge in [-0.05, 0) is 57.7 Å². The third kappa shape index (κ3) is 3.06. The number of carbonyl (C=O) groups is 2. The van der Waals surface area contributed by atoms with Gasteiger partial charge in [-0.1, -0.05) is 11.6 Å². The summed E-state index contributed by atoms with van der Waals surface area (Å²) in [5, 5.41) is 10.2. The summed E-state index contributed by atoms with van der Waals surface area (Å²) in [6.45, 7) is 4.29. The molecule has 1 aliphatic heterocycles. The maximum absolute atomic E-state index is 13.4. The van der Waals surface area contributed by atoms with Gasteiger partial charge < -0.3 is 10.0 Å². The fraction of sp³-hybridized carbons (Fsp3) is 0.476. The predicted molar refractivity (Wildman–Crippen MR) is 99.3 cm³/mol. The normalized spacial score (nSPS) is 23.2. The van der Waals surface area contributed by atoms with Crippen LogP contribution in [0.1, 0.15) is 60.1 Å². The van der Waals surface area contributed by atoms with Gasteiger partial charge in [0, 0.05) is 29.6 Å². The molecule has 2 atom stereocenters. The molecule has 0 bridgehead atoms. The lowest BCUT2D eigenvalue weighted by atomic mass is 9.92. The van der Waals surface area contributed by atoms with E-state index in [4.69, 9.17) is 4.98 Å². The van der Waals surface area contributed by atoms with Gasteiger partial charge in [0.1, 0.15) is 0 Å². The topological polar surface area (TPSA) is 70.5 Å². The molecule has 1 aromatic heterocycles. The Kier molecular flexibility index (Phi) is 4.17. The summed E-state index contributed by atoms with van der Waals surface area (Å²) < 4.78 is 0. The lowest BCUT2D eigenvalue weighted by Gasteiger charge is -2.36. The third-order valence-electron chi connectivity index (χ3n) is 5.70. The van der Waals surface area contributed by atoms with E-state index < -0.39 is 11.9 Å². The number of rotatable bonds is 3. The summed E-state index contributed by atoms with van der Waals surface area (Å²) in [4.78, 5) is 31.3. The lowest BCUT2D eigenvalue weighted by Crippen LogP contribution is -2.47. The number of aryl methyl sites for hydroxylation is 1. The van der Waals surface area contributed by atoms with E-state index in [2.05, 4.69) is 0 Å².